The highest BCUT2D eigenvalue weighted by molar-refractivity contribution is 5.99. The van der Waals surface area contributed by atoms with Crippen LogP contribution in [0.2, 0.25) is 0 Å². The van der Waals surface area contributed by atoms with Gasteiger partial charge in [-0.25, -0.2) is 4.39 Å². The standard InChI is InChI=1S/C22H25FN4O2/c1-14-11-19(23)15(2)10-17(14)13-26-6-8-27(9-7-26)22(28)18-12-16-4-5-24-20(16)25-21(18)29-3/h4-5,10-12H,6-9,13H2,1-3H3,(H,24,25). The molecule has 0 aliphatic carbocycles. The summed E-state index contributed by atoms with van der Waals surface area (Å²) in [6.45, 7) is 7.28. The summed E-state index contributed by atoms with van der Waals surface area (Å²) >= 11 is 0. The lowest BCUT2D eigenvalue weighted by molar-refractivity contribution is 0.0624. The van der Waals surface area contributed by atoms with Gasteiger partial charge < -0.3 is 14.6 Å². The lowest BCUT2D eigenvalue weighted by Gasteiger charge is -2.35. The molecule has 1 saturated heterocycles. The molecule has 0 atom stereocenters. The molecule has 1 amide bonds. The van der Waals surface area contributed by atoms with E-state index in [1.54, 1.807) is 19.2 Å². The maximum atomic E-state index is 13.7. The van der Waals surface area contributed by atoms with Gasteiger partial charge >= 0.3 is 0 Å². The second-order valence-corrected chi connectivity index (χ2v) is 7.56. The molecule has 4 rings (SSSR count). The van der Waals surface area contributed by atoms with Crippen molar-refractivity contribution in [3.8, 4) is 5.88 Å². The minimum absolute atomic E-state index is 0.0640. The lowest BCUT2D eigenvalue weighted by atomic mass is 10.0. The molecule has 1 aliphatic heterocycles. The van der Waals surface area contributed by atoms with E-state index in [9.17, 15) is 9.18 Å². The number of aromatic amines is 1. The van der Waals surface area contributed by atoms with E-state index in [1.165, 1.54) is 7.11 Å². The zero-order chi connectivity index (χ0) is 20.5. The molecule has 0 saturated carbocycles. The third-order valence-electron chi connectivity index (χ3n) is 5.59. The first-order valence-electron chi connectivity index (χ1n) is 9.75. The summed E-state index contributed by atoms with van der Waals surface area (Å²) in [6, 6.07) is 7.24. The molecule has 152 valence electrons. The first-order valence-corrected chi connectivity index (χ1v) is 9.75. The average molecular weight is 396 g/mol. The molecule has 3 heterocycles. The van der Waals surface area contributed by atoms with Crippen molar-refractivity contribution in [2.75, 3.05) is 33.3 Å². The van der Waals surface area contributed by atoms with Gasteiger partial charge in [0.05, 0.1) is 7.11 Å². The molecule has 0 radical (unpaired) electrons. The highest BCUT2D eigenvalue weighted by Gasteiger charge is 2.26. The van der Waals surface area contributed by atoms with Gasteiger partial charge in [-0.15, -0.1) is 0 Å². The van der Waals surface area contributed by atoms with Crippen molar-refractivity contribution < 1.29 is 13.9 Å². The molecule has 29 heavy (non-hydrogen) atoms. The number of hydrogen-bond donors (Lipinski definition) is 1. The van der Waals surface area contributed by atoms with E-state index >= 15 is 0 Å². The second-order valence-electron chi connectivity index (χ2n) is 7.56. The van der Waals surface area contributed by atoms with Crippen LogP contribution in [0, 0.1) is 19.7 Å². The summed E-state index contributed by atoms with van der Waals surface area (Å²) in [5.74, 6) is 0.110. The fraction of sp³-hybridized carbons (Fsp3) is 0.364. The zero-order valence-electron chi connectivity index (χ0n) is 17.0. The van der Waals surface area contributed by atoms with Gasteiger partial charge in [0.2, 0.25) is 5.88 Å². The molecule has 1 aromatic carbocycles. The van der Waals surface area contributed by atoms with Crippen LogP contribution in [0.3, 0.4) is 0 Å². The summed E-state index contributed by atoms with van der Waals surface area (Å²) in [4.78, 5) is 24.7. The Balaban J connectivity index is 1.44. The van der Waals surface area contributed by atoms with Crippen LogP contribution in [-0.4, -0.2) is 59.0 Å². The Labute approximate surface area is 169 Å². The minimum atomic E-state index is -0.163. The number of benzene rings is 1. The number of H-pyrrole nitrogens is 1. The molecule has 7 heteroatoms. The summed E-state index contributed by atoms with van der Waals surface area (Å²) in [7, 11) is 1.53. The Morgan fingerprint density at radius 2 is 1.93 bits per heavy atom. The Bertz CT molecular complexity index is 1050. The number of rotatable bonds is 4. The molecular weight excluding hydrogens is 371 g/mol. The first kappa shape index (κ1) is 19.4. The van der Waals surface area contributed by atoms with E-state index in [0.717, 1.165) is 36.1 Å². The fourth-order valence-electron chi connectivity index (χ4n) is 3.81. The normalized spacial score (nSPS) is 15.1. The number of piperazine rings is 1. The van der Waals surface area contributed by atoms with Crippen molar-refractivity contribution in [2.24, 2.45) is 0 Å². The summed E-state index contributed by atoms with van der Waals surface area (Å²) in [5, 5.41) is 0.884. The monoisotopic (exact) mass is 396 g/mol. The molecule has 0 spiro atoms. The predicted molar refractivity (Wildman–Crippen MR) is 110 cm³/mol. The Morgan fingerprint density at radius 3 is 2.66 bits per heavy atom. The fourth-order valence-corrected chi connectivity index (χ4v) is 3.81. The van der Waals surface area contributed by atoms with Crippen LogP contribution >= 0.6 is 0 Å². The third-order valence-corrected chi connectivity index (χ3v) is 5.59. The number of nitrogens with zero attached hydrogens (tertiary/aromatic N) is 3. The number of ether oxygens (including phenoxy) is 1. The molecule has 1 fully saturated rings. The van der Waals surface area contributed by atoms with Crippen LogP contribution < -0.4 is 4.74 Å². The summed E-state index contributed by atoms with van der Waals surface area (Å²) in [6.07, 6.45) is 1.79. The van der Waals surface area contributed by atoms with Crippen molar-refractivity contribution >= 4 is 16.9 Å². The number of nitrogens with one attached hydrogen (secondary N) is 1. The van der Waals surface area contributed by atoms with Crippen LogP contribution in [0.25, 0.3) is 11.0 Å². The largest absolute Gasteiger partial charge is 0.480 e. The van der Waals surface area contributed by atoms with Crippen molar-refractivity contribution in [2.45, 2.75) is 20.4 Å². The molecule has 3 aromatic rings. The Morgan fingerprint density at radius 1 is 1.17 bits per heavy atom. The number of aryl methyl sites for hydroxylation is 2. The number of methoxy groups -OCH3 is 1. The van der Waals surface area contributed by atoms with E-state index in [2.05, 4.69) is 14.9 Å². The smallest absolute Gasteiger partial charge is 0.259 e. The maximum Gasteiger partial charge on any atom is 0.259 e. The van der Waals surface area contributed by atoms with Crippen molar-refractivity contribution in [3.05, 3.63) is 58.5 Å². The van der Waals surface area contributed by atoms with Gasteiger partial charge in [-0.1, -0.05) is 6.07 Å². The maximum absolute atomic E-state index is 13.7. The predicted octanol–water partition coefficient (Wildman–Crippen LogP) is 3.29. The van der Waals surface area contributed by atoms with Crippen molar-refractivity contribution in [1.82, 2.24) is 19.8 Å². The van der Waals surface area contributed by atoms with Crippen LogP contribution in [0.1, 0.15) is 27.0 Å². The highest BCUT2D eigenvalue weighted by atomic mass is 19.1. The third kappa shape index (κ3) is 3.82. The molecule has 0 bridgehead atoms. The molecule has 0 unspecified atom stereocenters. The van der Waals surface area contributed by atoms with E-state index in [0.29, 0.717) is 35.7 Å². The molecule has 2 aromatic heterocycles. The van der Waals surface area contributed by atoms with Crippen molar-refractivity contribution in [1.29, 1.82) is 0 Å². The second kappa shape index (κ2) is 7.83. The average Bonchev–Trinajstić information content (AvgIpc) is 3.18. The number of carbonyl (C=O) groups is 1. The van der Waals surface area contributed by atoms with Crippen LogP contribution in [0.5, 0.6) is 5.88 Å². The van der Waals surface area contributed by atoms with Crippen LogP contribution in [0.4, 0.5) is 4.39 Å². The number of hydrogen-bond acceptors (Lipinski definition) is 4. The quantitative estimate of drug-likeness (QED) is 0.735. The number of aromatic nitrogens is 2. The SMILES string of the molecule is COc1nc2[nH]ccc2cc1C(=O)N1CCN(Cc2cc(C)c(F)cc2C)CC1. The van der Waals surface area contributed by atoms with Gasteiger partial charge in [-0.05, 0) is 48.7 Å². The minimum Gasteiger partial charge on any atom is -0.480 e. The topological polar surface area (TPSA) is 61.5 Å². The number of pyridine rings is 1. The number of fused-ring (bicyclic) bond motifs is 1. The van der Waals surface area contributed by atoms with Gasteiger partial charge in [0.15, 0.2) is 0 Å². The number of carbonyl (C=O) groups excluding carboxylic acids is 1. The van der Waals surface area contributed by atoms with Gasteiger partial charge in [-0.2, -0.15) is 4.98 Å². The van der Waals surface area contributed by atoms with Gasteiger partial charge in [0, 0.05) is 44.3 Å². The van der Waals surface area contributed by atoms with E-state index < -0.39 is 0 Å². The number of halogens is 1. The highest BCUT2D eigenvalue weighted by Crippen LogP contribution is 2.24. The van der Waals surface area contributed by atoms with Gasteiger partial charge in [0.25, 0.3) is 5.91 Å². The summed E-state index contributed by atoms with van der Waals surface area (Å²) in [5.41, 5.74) is 3.94. The Kier molecular flexibility index (Phi) is 5.24. The van der Waals surface area contributed by atoms with E-state index in [1.807, 2.05) is 30.0 Å². The van der Waals surface area contributed by atoms with Crippen LogP contribution in [0.15, 0.2) is 30.5 Å². The molecule has 1 N–H and O–H groups in total. The Hall–Kier alpha value is -2.93. The van der Waals surface area contributed by atoms with E-state index in [-0.39, 0.29) is 11.7 Å². The van der Waals surface area contributed by atoms with Crippen molar-refractivity contribution in [3.63, 3.8) is 0 Å². The van der Waals surface area contributed by atoms with Gasteiger partial charge in [0.1, 0.15) is 17.0 Å². The number of amides is 1. The zero-order valence-corrected chi connectivity index (χ0v) is 17.0. The van der Waals surface area contributed by atoms with E-state index in [4.69, 9.17) is 4.74 Å². The summed E-state index contributed by atoms with van der Waals surface area (Å²) < 4.78 is 19.1. The lowest BCUT2D eigenvalue weighted by Crippen LogP contribution is -2.48. The first-order chi connectivity index (χ1) is 14.0. The molecular formula is C22H25FN4O2. The van der Waals surface area contributed by atoms with Crippen LogP contribution in [-0.2, 0) is 6.54 Å². The van der Waals surface area contributed by atoms with Gasteiger partial charge in [-0.3, -0.25) is 9.69 Å². The molecule has 1 aliphatic rings. The molecule has 6 nitrogen and oxygen atoms in total.